The fourth-order valence-corrected chi connectivity index (χ4v) is 0.898. The van der Waals surface area contributed by atoms with Crippen LogP contribution in [0.1, 0.15) is 12.8 Å². The van der Waals surface area contributed by atoms with Crippen molar-refractivity contribution in [1.82, 2.24) is 5.32 Å². The van der Waals surface area contributed by atoms with E-state index in [1.54, 1.807) is 0 Å². The lowest BCUT2D eigenvalue weighted by Crippen LogP contribution is -2.38. The van der Waals surface area contributed by atoms with Crippen LogP contribution in [0.25, 0.3) is 0 Å². The van der Waals surface area contributed by atoms with Crippen molar-refractivity contribution >= 4 is 0 Å². The third-order valence-electron chi connectivity index (χ3n) is 1.56. The molecule has 1 rings (SSSR count). The number of nitrogens with one attached hydrogen (secondary N) is 1. The van der Waals surface area contributed by atoms with E-state index in [1.165, 1.54) is 0 Å². The molecule has 1 unspecified atom stereocenters. The standard InChI is InChI=1S/C6H9F3N2/c7-6(8,9)4-1-2-5(10)11-3-4/h3,5,11H,1-2,10H2. The second-order valence-electron chi connectivity index (χ2n) is 2.48. The van der Waals surface area contributed by atoms with Crippen molar-refractivity contribution in [1.29, 1.82) is 0 Å². The third-order valence-corrected chi connectivity index (χ3v) is 1.56. The van der Waals surface area contributed by atoms with Crippen LogP contribution in [0.5, 0.6) is 0 Å². The lowest BCUT2D eigenvalue weighted by atomic mass is 10.1. The monoisotopic (exact) mass is 166 g/mol. The number of nitrogens with two attached hydrogens (primary N) is 1. The summed E-state index contributed by atoms with van der Waals surface area (Å²) in [4.78, 5) is 0. The highest BCUT2D eigenvalue weighted by Gasteiger charge is 2.34. The maximum Gasteiger partial charge on any atom is 0.414 e. The minimum atomic E-state index is -4.20. The number of halogens is 3. The van der Waals surface area contributed by atoms with Crippen molar-refractivity contribution in [3.8, 4) is 0 Å². The van der Waals surface area contributed by atoms with E-state index >= 15 is 0 Å². The first-order valence-electron chi connectivity index (χ1n) is 3.28. The predicted molar refractivity (Wildman–Crippen MR) is 34.5 cm³/mol. The van der Waals surface area contributed by atoms with Crippen LogP contribution >= 0.6 is 0 Å². The molecule has 3 N–H and O–H groups in total. The van der Waals surface area contributed by atoms with Gasteiger partial charge in [-0.1, -0.05) is 0 Å². The zero-order valence-corrected chi connectivity index (χ0v) is 5.78. The molecule has 2 nitrogen and oxygen atoms in total. The lowest BCUT2D eigenvalue weighted by molar-refractivity contribution is -0.0955. The van der Waals surface area contributed by atoms with Crippen LogP contribution in [0.15, 0.2) is 11.8 Å². The van der Waals surface area contributed by atoms with E-state index in [0.717, 1.165) is 6.20 Å². The smallest absolute Gasteiger partial charge is 0.376 e. The molecular weight excluding hydrogens is 157 g/mol. The summed E-state index contributed by atoms with van der Waals surface area (Å²) in [5.74, 6) is 0. The minimum Gasteiger partial charge on any atom is -0.376 e. The average Bonchev–Trinajstić information content (AvgIpc) is 1.86. The molecule has 0 radical (unpaired) electrons. The van der Waals surface area contributed by atoms with Crippen LogP contribution in [-0.4, -0.2) is 12.3 Å². The van der Waals surface area contributed by atoms with Gasteiger partial charge >= 0.3 is 6.18 Å². The van der Waals surface area contributed by atoms with Crippen molar-refractivity contribution < 1.29 is 13.2 Å². The van der Waals surface area contributed by atoms with Crippen molar-refractivity contribution in [2.24, 2.45) is 5.73 Å². The van der Waals surface area contributed by atoms with E-state index < -0.39 is 11.7 Å². The molecule has 1 aliphatic rings. The summed E-state index contributed by atoms with van der Waals surface area (Å²) in [6.45, 7) is 0. The second kappa shape index (κ2) is 2.73. The molecule has 1 atom stereocenters. The maximum atomic E-state index is 11.9. The molecule has 64 valence electrons. The van der Waals surface area contributed by atoms with E-state index in [0.29, 0.717) is 6.42 Å². The Hall–Kier alpha value is -0.710. The molecule has 0 saturated carbocycles. The molecule has 11 heavy (non-hydrogen) atoms. The van der Waals surface area contributed by atoms with Crippen LogP contribution in [0.3, 0.4) is 0 Å². The molecule has 0 amide bonds. The van der Waals surface area contributed by atoms with Gasteiger partial charge in [-0.2, -0.15) is 13.2 Å². The number of allylic oxidation sites excluding steroid dienone is 1. The second-order valence-corrected chi connectivity index (χ2v) is 2.48. The van der Waals surface area contributed by atoms with Crippen molar-refractivity contribution in [3.05, 3.63) is 11.8 Å². The Morgan fingerprint density at radius 3 is 2.55 bits per heavy atom. The Bertz CT molecular complexity index is 173. The SMILES string of the molecule is NC1CCC(C(F)(F)F)=CN1. The highest BCUT2D eigenvalue weighted by atomic mass is 19.4. The largest absolute Gasteiger partial charge is 0.414 e. The first-order valence-corrected chi connectivity index (χ1v) is 3.28. The third kappa shape index (κ3) is 2.11. The summed E-state index contributed by atoms with van der Waals surface area (Å²) in [7, 11) is 0. The summed E-state index contributed by atoms with van der Waals surface area (Å²) >= 11 is 0. The van der Waals surface area contributed by atoms with Gasteiger partial charge < -0.3 is 11.1 Å². The van der Waals surface area contributed by atoms with Crippen LogP contribution in [0, 0.1) is 0 Å². The molecule has 0 aromatic carbocycles. The van der Waals surface area contributed by atoms with E-state index in [9.17, 15) is 13.2 Å². The summed E-state index contributed by atoms with van der Waals surface area (Å²) < 4.78 is 35.8. The zero-order chi connectivity index (χ0) is 8.48. The molecule has 0 aromatic rings. The Labute approximate surface area is 62.3 Å². The summed E-state index contributed by atoms with van der Waals surface area (Å²) in [6, 6.07) is 0. The highest BCUT2D eigenvalue weighted by molar-refractivity contribution is 5.11. The Balaban J connectivity index is 2.62. The first-order chi connectivity index (χ1) is 5.00. The molecule has 0 fully saturated rings. The van der Waals surface area contributed by atoms with Crippen LogP contribution < -0.4 is 11.1 Å². The van der Waals surface area contributed by atoms with Gasteiger partial charge in [0, 0.05) is 11.8 Å². The van der Waals surface area contributed by atoms with Gasteiger partial charge in [-0.25, -0.2) is 0 Å². The average molecular weight is 166 g/mol. The maximum absolute atomic E-state index is 11.9. The van der Waals surface area contributed by atoms with Gasteiger partial charge in [-0.3, -0.25) is 0 Å². The Morgan fingerprint density at radius 2 is 2.18 bits per heavy atom. The van der Waals surface area contributed by atoms with Crippen LogP contribution in [-0.2, 0) is 0 Å². The topological polar surface area (TPSA) is 38.0 Å². The molecule has 0 bridgehead atoms. The van der Waals surface area contributed by atoms with Crippen molar-refractivity contribution in [2.75, 3.05) is 0 Å². The van der Waals surface area contributed by atoms with E-state index in [2.05, 4.69) is 5.32 Å². The van der Waals surface area contributed by atoms with Gasteiger partial charge in [0.25, 0.3) is 0 Å². The van der Waals surface area contributed by atoms with Gasteiger partial charge in [0.05, 0.1) is 6.17 Å². The predicted octanol–water partition coefficient (Wildman–Crippen LogP) is 1.10. The molecule has 0 aliphatic carbocycles. The minimum absolute atomic E-state index is 0.0116. The van der Waals surface area contributed by atoms with Gasteiger partial charge in [0.15, 0.2) is 0 Å². The lowest BCUT2D eigenvalue weighted by Gasteiger charge is -2.21. The molecule has 0 saturated heterocycles. The van der Waals surface area contributed by atoms with Gasteiger partial charge in [0.1, 0.15) is 0 Å². The molecule has 1 aliphatic heterocycles. The van der Waals surface area contributed by atoms with E-state index in [1.807, 2.05) is 0 Å². The molecule has 0 spiro atoms. The Morgan fingerprint density at radius 1 is 1.55 bits per heavy atom. The number of hydrogen-bond acceptors (Lipinski definition) is 2. The number of rotatable bonds is 0. The zero-order valence-electron chi connectivity index (χ0n) is 5.78. The number of alkyl halides is 3. The van der Waals surface area contributed by atoms with Crippen molar-refractivity contribution in [2.45, 2.75) is 25.2 Å². The fourth-order valence-electron chi connectivity index (χ4n) is 0.898. The normalized spacial score (nSPS) is 25.8. The summed E-state index contributed by atoms with van der Waals surface area (Å²) in [5.41, 5.74) is 4.79. The van der Waals surface area contributed by atoms with Gasteiger partial charge in [0.2, 0.25) is 0 Å². The Kier molecular flexibility index (Phi) is 2.08. The summed E-state index contributed by atoms with van der Waals surface area (Å²) in [5, 5.41) is 2.43. The van der Waals surface area contributed by atoms with E-state index in [4.69, 9.17) is 5.73 Å². The molecule has 1 heterocycles. The van der Waals surface area contributed by atoms with Crippen LogP contribution in [0.2, 0.25) is 0 Å². The summed E-state index contributed by atoms with van der Waals surface area (Å²) in [6.07, 6.45) is -3.23. The fraction of sp³-hybridized carbons (Fsp3) is 0.667. The first kappa shape index (κ1) is 8.39. The molecular formula is C6H9F3N2. The quantitative estimate of drug-likeness (QED) is 0.565. The highest BCUT2D eigenvalue weighted by Crippen LogP contribution is 2.30. The number of hydrogen-bond donors (Lipinski definition) is 2. The van der Waals surface area contributed by atoms with Crippen LogP contribution in [0.4, 0.5) is 13.2 Å². The van der Waals surface area contributed by atoms with Crippen molar-refractivity contribution in [3.63, 3.8) is 0 Å². The van der Waals surface area contributed by atoms with Gasteiger partial charge in [-0.05, 0) is 12.8 Å². The molecule has 0 aromatic heterocycles. The van der Waals surface area contributed by atoms with E-state index in [-0.39, 0.29) is 12.6 Å². The molecule has 5 heteroatoms. The van der Waals surface area contributed by atoms with Gasteiger partial charge in [-0.15, -0.1) is 0 Å².